The van der Waals surface area contributed by atoms with E-state index in [4.69, 9.17) is 0 Å². The molecule has 0 nitrogen and oxygen atoms in total. The van der Waals surface area contributed by atoms with E-state index in [-0.39, 0.29) is 0 Å². The van der Waals surface area contributed by atoms with E-state index in [1.54, 1.807) is 24.3 Å². The zero-order valence-corrected chi connectivity index (χ0v) is 11.9. The van der Waals surface area contributed by atoms with Crippen molar-refractivity contribution in [3.05, 3.63) is 89.1 Å². The molecule has 102 valence electrons. The largest absolute Gasteiger partial charge is 0.106 e. The minimum Gasteiger partial charge on any atom is -0.106 e. The Morgan fingerprint density at radius 1 is 0.556 bits per heavy atom. The molecule has 0 aromatic carbocycles. The molecular formula is C18H30. The van der Waals surface area contributed by atoms with Crippen LogP contribution in [0.1, 0.15) is 25.7 Å². The van der Waals surface area contributed by atoms with Gasteiger partial charge in [-0.1, -0.05) is 62.8 Å². The zero-order valence-electron chi connectivity index (χ0n) is 11.9. The van der Waals surface area contributed by atoms with Crippen molar-refractivity contribution in [3.63, 3.8) is 0 Å². The first-order valence-corrected chi connectivity index (χ1v) is 5.95. The van der Waals surface area contributed by atoms with Crippen molar-refractivity contribution in [2.24, 2.45) is 0 Å². The van der Waals surface area contributed by atoms with E-state index in [1.165, 1.54) is 25.7 Å². The zero-order chi connectivity index (χ0) is 15.1. The van der Waals surface area contributed by atoms with Crippen LogP contribution in [-0.4, -0.2) is 0 Å². The molecule has 0 aliphatic heterocycles. The SMILES string of the molecule is C1=CCCCC1.C=C.C=C.C=CC=C.C=CC=C. The summed E-state index contributed by atoms with van der Waals surface area (Å²) in [6, 6.07) is 0. The maximum atomic E-state index is 3.36. The molecule has 0 bridgehead atoms. The molecule has 0 heteroatoms. The van der Waals surface area contributed by atoms with Crippen molar-refractivity contribution in [2.75, 3.05) is 0 Å². The van der Waals surface area contributed by atoms with Gasteiger partial charge in [0, 0.05) is 0 Å². The van der Waals surface area contributed by atoms with E-state index in [0.717, 1.165) is 0 Å². The molecule has 1 aliphatic rings. The van der Waals surface area contributed by atoms with Gasteiger partial charge in [-0.2, -0.15) is 0 Å². The summed E-state index contributed by atoms with van der Waals surface area (Å²) in [5.41, 5.74) is 0. The summed E-state index contributed by atoms with van der Waals surface area (Å²) in [4.78, 5) is 0. The highest BCUT2D eigenvalue weighted by Crippen LogP contribution is 2.07. The van der Waals surface area contributed by atoms with Gasteiger partial charge in [-0.15, -0.1) is 26.3 Å². The van der Waals surface area contributed by atoms with Gasteiger partial charge in [-0.25, -0.2) is 0 Å². The summed E-state index contributed by atoms with van der Waals surface area (Å²) in [5.74, 6) is 0. The highest BCUT2D eigenvalue weighted by molar-refractivity contribution is 4.88. The van der Waals surface area contributed by atoms with Gasteiger partial charge in [-0.3, -0.25) is 0 Å². The van der Waals surface area contributed by atoms with Crippen molar-refractivity contribution in [2.45, 2.75) is 25.7 Å². The predicted molar refractivity (Wildman–Crippen MR) is 90.9 cm³/mol. The monoisotopic (exact) mass is 246 g/mol. The molecule has 0 saturated carbocycles. The average Bonchev–Trinajstić information content (AvgIpc) is 2.53. The molecule has 0 radical (unpaired) electrons. The maximum absolute atomic E-state index is 3.36. The second-order valence-corrected chi connectivity index (χ2v) is 2.70. The lowest BCUT2D eigenvalue weighted by molar-refractivity contribution is 0.730. The molecule has 0 fully saturated rings. The second kappa shape index (κ2) is 45.6. The van der Waals surface area contributed by atoms with Gasteiger partial charge in [0.2, 0.25) is 0 Å². The number of hydrogen-bond acceptors (Lipinski definition) is 0. The third-order valence-electron chi connectivity index (χ3n) is 1.49. The lowest BCUT2D eigenvalue weighted by Gasteiger charge is -1.97. The number of hydrogen-bond donors (Lipinski definition) is 0. The standard InChI is InChI=1S/C6H10.2C4H6.2C2H4/c1-2-4-6-5-3-1;2*1-3-4-2;2*1-2/h1-2H,3-6H2;2*3-4H,1-2H2;2*1-2H2. The Balaban J connectivity index is -0.0000000737. The normalized spacial score (nSPS) is 9.78. The molecule has 0 aromatic rings. The van der Waals surface area contributed by atoms with Crippen LogP contribution in [0.4, 0.5) is 0 Å². The molecule has 0 aromatic heterocycles. The van der Waals surface area contributed by atoms with E-state index < -0.39 is 0 Å². The van der Waals surface area contributed by atoms with Crippen LogP contribution in [0.15, 0.2) is 89.1 Å². The predicted octanol–water partition coefficient (Wildman–Crippen LogP) is 6.44. The van der Waals surface area contributed by atoms with E-state index in [9.17, 15) is 0 Å². The quantitative estimate of drug-likeness (QED) is 0.388. The lowest BCUT2D eigenvalue weighted by atomic mass is 10.1. The summed E-state index contributed by atoms with van der Waals surface area (Å²) in [6.45, 7) is 25.4. The average molecular weight is 246 g/mol. The van der Waals surface area contributed by atoms with Gasteiger partial charge in [-0.05, 0) is 25.7 Å². The van der Waals surface area contributed by atoms with Crippen molar-refractivity contribution in [1.29, 1.82) is 0 Å². The number of allylic oxidation sites excluding steroid dienone is 6. The van der Waals surface area contributed by atoms with Crippen LogP contribution < -0.4 is 0 Å². The van der Waals surface area contributed by atoms with Gasteiger partial charge < -0.3 is 0 Å². The minimum absolute atomic E-state index is 1.32. The van der Waals surface area contributed by atoms with Crippen molar-refractivity contribution < 1.29 is 0 Å². The highest BCUT2D eigenvalue weighted by atomic mass is 13.9. The summed E-state index contributed by atoms with van der Waals surface area (Å²) in [5, 5.41) is 0. The maximum Gasteiger partial charge on any atom is -0.0351 e. The smallest absolute Gasteiger partial charge is 0.0351 e. The van der Waals surface area contributed by atoms with Crippen LogP contribution in [0.3, 0.4) is 0 Å². The summed E-state index contributed by atoms with van der Waals surface area (Å²) < 4.78 is 0. The third-order valence-corrected chi connectivity index (χ3v) is 1.49. The molecule has 0 spiro atoms. The Morgan fingerprint density at radius 3 is 0.833 bits per heavy atom. The molecule has 1 rings (SSSR count). The van der Waals surface area contributed by atoms with Crippen LogP contribution in [0.2, 0.25) is 0 Å². The summed E-state index contributed by atoms with van der Waals surface area (Å²) >= 11 is 0. The van der Waals surface area contributed by atoms with Crippen LogP contribution in [0.25, 0.3) is 0 Å². The molecule has 0 amide bonds. The van der Waals surface area contributed by atoms with Crippen molar-refractivity contribution >= 4 is 0 Å². The Kier molecular flexibility index (Phi) is 63.7. The first-order valence-electron chi connectivity index (χ1n) is 5.95. The second-order valence-electron chi connectivity index (χ2n) is 2.70. The van der Waals surface area contributed by atoms with Crippen LogP contribution in [0, 0.1) is 0 Å². The molecular weight excluding hydrogens is 216 g/mol. The molecule has 0 atom stereocenters. The fourth-order valence-electron chi connectivity index (χ4n) is 0.760. The summed E-state index contributed by atoms with van der Waals surface area (Å²) in [6.07, 6.45) is 16.6. The Labute approximate surface area is 115 Å². The van der Waals surface area contributed by atoms with Gasteiger partial charge in [0.25, 0.3) is 0 Å². The van der Waals surface area contributed by atoms with E-state index in [1.807, 2.05) is 0 Å². The van der Waals surface area contributed by atoms with Crippen LogP contribution in [-0.2, 0) is 0 Å². The first-order chi connectivity index (χ1) is 8.83. The fraction of sp³-hybridized carbons (Fsp3) is 0.222. The molecule has 0 N–H and O–H groups in total. The van der Waals surface area contributed by atoms with Gasteiger partial charge in [0.1, 0.15) is 0 Å². The van der Waals surface area contributed by atoms with Gasteiger partial charge >= 0.3 is 0 Å². The van der Waals surface area contributed by atoms with Crippen molar-refractivity contribution in [1.82, 2.24) is 0 Å². The molecule has 0 unspecified atom stereocenters. The fourth-order valence-corrected chi connectivity index (χ4v) is 0.760. The highest BCUT2D eigenvalue weighted by Gasteiger charge is 1.87. The molecule has 0 saturated heterocycles. The van der Waals surface area contributed by atoms with E-state index >= 15 is 0 Å². The Morgan fingerprint density at radius 2 is 0.778 bits per heavy atom. The van der Waals surface area contributed by atoms with Crippen LogP contribution >= 0.6 is 0 Å². The number of rotatable bonds is 2. The molecule has 0 heterocycles. The van der Waals surface area contributed by atoms with Crippen LogP contribution in [0.5, 0.6) is 0 Å². The Bertz CT molecular complexity index is 162. The Hall–Kier alpha value is -1.82. The lowest BCUT2D eigenvalue weighted by Crippen LogP contribution is -1.77. The topological polar surface area (TPSA) is 0 Å². The van der Waals surface area contributed by atoms with Gasteiger partial charge in [0.05, 0.1) is 0 Å². The van der Waals surface area contributed by atoms with Crippen molar-refractivity contribution in [3.8, 4) is 0 Å². The summed E-state index contributed by atoms with van der Waals surface area (Å²) in [7, 11) is 0. The third kappa shape index (κ3) is 64.5. The molecule has 18 heavy (non-hydrogen) atoms. The molecule has 1 aliphatic carbocycles. The van der Waals surface area contributed by atoms with E-state index in [0.29, 0.717) is 0 Å². The van der Waals surface area contributed by atoms with Gasteiger partial charge in [0.15, 0.2) is 0 Å². The first kappa shape index (κ1) is 25.1. The van der Waals surface area contributed by atoms with E-state index in [2.05, 4.69) is 64.8 Å². The minimum atomic E-state index is 1.32.